The quantitative estimate of drug-likeness (QED) is 0.382. The molecule has 1 aromatic carbocycles. The summed E-state index contributed by atoms with van der Waals surface area (Å²) in [5.74, 6) is -2.38. The van der Waals surface area contributed by atoms with Gasteiger partial charge in [-0.25, -0.2) is 18.3 Å². The summed E-state index contributed by atoms with van der Waals surface area (Å²) in [6.07, 6.45) is 0.864. The number of aliphatic hydroxyl groups is 2. The van der Waals surface area contributed by atoms with Crippen molar-refractivity contribution in [2.45, 2.75) is 107 Å². The summed E-state index contributed by atoms with van der Waals surface area (Å²) >= 11 is 5.68. The molecule has 2 aromatic rings. The van der Waals surface area contributed by atoms with Crippen LogP contribution in [0.15, 0.2) is 23.5 Å². The number of alkyl carbamates (subject to hydrolysis) is 1. The van der Waals surface area contributed by atoms with Gasteiger partial charge in [-0.2, -0.15) is 0 Å². The molecule has 0 bridgehead atoms. The highest BCUT2D eigenvalue weighted by Crippen LogP contribution is 2.41. The zero-order valence-corrected chi connectivity index (χ0v) is 25.8. The molecule has 12 nitrogen and oxygen atoms in total. The van der Waals surface area contributed by atoms with Crippen molar-refractivity contribution >= 4 is 23.4 Å². The number of nitrogens with one attached hydrogen (secondary N) is 1. The van der Waals surface area contributed by atoms with E-state index in [1.165, 1.54) is 30.1 Å². The number of carbonyl (C=O) groups excluding carboxylic acids is 1. The summed E-state index contributed by atoms with van der Waals surface area (Å²) in [5.41, 5.74) is -0.460. The third kappa shape index (κ3) is 6.84. The van der Waals surface area contributed by atoms with Crippen LogP contribution in [0.3, 0.4) is 0 Å². The molecule has 5 rings (SSSR count). The van der Waals surface area contributed by atoms with Crippen LogP contribution in [0.2, 0.25) is 5.02 Å². The van der Waals surface area contributed by atoms with E-state index in [1.807, 2.05) is 20.8 Å². The highest BCUT2D eigenvalue weighted by Gasteiger charge is 2.49. The SMILES string of the molecule is CO[C@@H]1[C@@H](n2cc(-c3ccc(Cl)c(F)c3F)nn2)[C@@H](O)[C@@H](CO)O[C@@H]1CC1=NOC2(CCC(NC(=O)OC(C)(C)C)CC2)C1. The van der Waals surface area contributed by atoms with Crippen molar-refractivity contribution in [1.29, 1.82) is 0 Å². The van der Waals surface area contributed by atoms with Gasteiger partial charge >= 0.3 is 6.09 Å². The number of ether oxygens (including phenoxy) is 3. The minimum absolute atomic E-state index is 0.0241. The third-order valence-corrected chi connectivity index (χ3v) is 8.60. The van der Waals surface area contributed by atoms with Gasteiger partial charge in [0.25, 0.3) is 0 Å². The van der Waals surface area contributed by atoms with Crippen LogP contribution in [-0.2, 0) is 19.0 Å². The van der Waals surface area contributed by atoms with E-state index in [0.717, 1.165) is 5.71 Å². The number of halogens is 3. The summed E-state index contributed by atoms with van der Waals surface area (Å²) in [6.45, 7) is 4.97. The molecule has 15 heteroatoms. The van der Waals surface area contributed by atoms with Gasteiger partial charge in [0, 0.05) is 31.6 Å². The van der Waals surface area contributed by atoms with Gasteiger partial charge in [0.15, 0.2) is 11.6 Å². The molecular weight excluding hydrogens is 604 g/mol. The monoisotopic (exact) mass is 641 g/mol. The Morgan fingerprint density at radius 1 is 1.23 bits per heavy atom. The number of amides is 1. The van der Waals surface area contributed by atoms with Gasteiger partial charge in [0.2, 0.25) is 0 Å². The molecule has 0 radical (unpaired) electrons. The summed E-state index contributed by atoms with van der Waals surface area (Å²) in [4.78, 5) is 18.1. The molecule has 242 valence electrons. The lowest BCUT2D eigenvalue weighted by molar-refractivity contribution is -0.210. The van der Waals surface area contributed by atoms with Crippen LogP contribution in [0.5, 0.6) is 0 Å². The molecule has 3 heterocycles. The van der Waals surface area contributed by atoms with Crippen molar-refractivity contribution in [1.82, 2.24) is 20.3 Å². The van der Waals surface area contributed by atoms with Crippen molar-refractivity contribution in [2.24, 2.45) is 5.16 Å². The molecule has 1 amide bonds. The molecule has 2 fully saturated rings. The molecule has 3 N–H and O–H groups in total. The highest BCUT2D eigenvalue weighted by molar-refractivity contribution is 6.30. The van der Waals surface area contributed by atoms with Crippen LogP contribution in [0, 0.1) is 11.6 Å². The van der Waals surface area contributed by atoms with Crippen LogP contribution >= 0.6 is 11.6 Å². The van der Waals surface area contributed by atoms with Crippen LogP contribution in [0.4, 0.5) is 13.6 Å². The first-order valence-corrected chi connectivity index (χ1v) is 15.0. The molecule has 5 atom stereocenters. The number of aliphatic hydroxyl groups excluding tert-OH is 2. The van der Waals surface area contributed by atoms with E-state index in [9.17, 15) is 23.8 Å². The predicted octanol–water partition coefficient (Wildman–Crippen LogP) is 3.93. The van der Waals surface area contributed by atoms with Crippen molar-refractivity contribution < 1.29 is 42.8 Å². The number of hydrogen-bond acceptors (Lipinski definition) is 10. The van der Waals surface area contributed by atoms with Gasteiger partial charge in [0.1, 0.15) is 41.2 Å². The Morgan fingerprint density at radius 3 is 2.61 bits per heavy atom. The fourth-order valence-corrected chi connectivity index (χ4v) is 6.32. The third-order valence-electron chi connectivity index (χ3n) is 8.31. The first kappa shape index (κ1) is 32.5. The smallest absolute Gasteiger partial charge is 0.407 e. The first-order valence-electron chi connectivity index (χ1n) is 14.6. The highest BCUT2D eigenvalue weighted by atomic mass is 35.5. The van der Waals surface area contributed by atoms with E-state index in [2.05, 4.69) is 20.8 Å². The standard InChI is InChI=1S/C29H38ClF2N5O7/c1-28(2,3)43-27(40)33-15-7-9-29(10-8-15)12-16(35-44-29)11-20-26(41-4)24(25(39)21(14-38)42-20)37-13-19(34-36-37)17-5-6-18(30)23(32)22(17)31/h5-6,13,15,20-21,24-26,38-39H,7-12,14H2,1-4H3,(H,33,40)/t15?,20-,21-,24+,25+,26+,29?/m1/s1. The molecule has 2 aliphatic heterocycles. The maximum absolute atomic E-state index is 14.6. The Morgan fingerprint density at radius 2 is 1.95 bits per heavy atom. The largest absolute Gasteiger partial charge is 0.444 e. The topological polar surface area (TPSA) is 150 Å². The van der Waals surface area contributed by atoms with Crippen LogP contribution in [0.1, 0.15) is 65.3 Å². The second-order valence-electron chi connectivity index (χ2n) is 12.6. The molecular formula is C29H38ClF2N5O7. The number of aromatic nitrogens is 3. The molecule has 1 saturated carbocycles. The minimum Gasteiger partial charge on any atom is -0.444 e. The zero-order valence-electron chi connectivity index (χ0n) is 25.0. The summed E-state index contributed by atoms with van der Waals surface area (Å²) in [5, 5.41) is 36.2. The van der Waals surface area contributed by atoms with Gasteiger partial charge in [-0.15, -0.1) is 5.10 Å². The Balaban J connectivity index is 1.26. The number of rotatable bonds is 7. The van der Waals surface area contributed by atoms with E-state index in [1.54, 1.807) is 0 Å². The van der Waals surface area contributed by atoms with Crippen molar-refractivity contribution in [3.8, 4) is 11.3 Å². The first-order chi connectivity index (χ1) is 20.8. The van der Waals surface area contributed by atoms with Crippen molar-refractivity contribution in [3.05, 3.63) is 35.0 Å². The van der Waals surface area contributed by atoms with Crippen LogP contribution in [0.25, 0.3) is 11.3 Å². The Hall–Kier alpha value is -2.91. The minimum atomic E-state index is -1.26. The lowest BCUT2D eigenvalue weighted by Gasteiger charge is -2.43. The maximum Gasteiger partial charge on any atom is 0.407 e. The van der Waals surface area contributed by atoms with Gasteiger partial charge in [-0.3, -0.25) is 0 Å². The fourth-order valence-electron chi connectivity index (χ4n) is 6.17. The Bertz CT molecular complexity index is 1380. The lowest BCUT2D eigenvalue weighted by Crippen LogP contribution is -2.57. The summed E-state index contributed by atoms with van der Waals surface area (Å²) < 4.78 is 47.2. The van der Waals surface area contributed by atoms with Gasteiger partial charge in [-0.05, 0) is 58.6 Å². The van der Waals surface area contributed by atoms with Crippen LogP contribution in [-0.4, -0.2) is 92.4 Å². The normalized spacial score (nSPS) is 30.6. The molecule has 3 aliphatic rings. The van der Waals surface area contributed by atoms with Crippen molar-refractivity contribution in [3.63, 3.8) is 0 Å². The molecule has 44 heavy (non-hydrogen) atoms. The average Bonchev–Trinajstić information content (AvgIpc) is 3.60. The fraction of sp³-hybridized carbons (Fsp3) is 0.655. The van der Waals surface area contributed by atoms with E-state index >= 15 is 0 Å². The summed E-state index contributed by atoms with van der Waals surface area (Å²) in [7, 11) is 1.46. The molecule has 1 saturated heterocycles. The number of benzene rings is 1. The second kappa shape index (κ2) is 12.8. The Kier molecular flexibility index (Phi) is 9.47. The van der Waals surface area contributed by atoms with Gasteiger partial charge in [0.05, 0.1) is 29.6 Å². The van der Waals surface area contributed by atoms with E-state index in [-0.39, 0.29) is 28.7 Å². The molecule has 1 spiro atoms. The number of oxime groups is 1. The number of nitrogens with zero attached hydrogens (tertiary/aromatic N) is 4. The van der Waals surface area contributed by atoms with Gasteiger partial charge in [-0.1, -0.05) is 22.0 Å². The number of methoxy groups -OCH3 is 1. The molecule has 1 aliphatic carbocycles. The average molecular weight is 642 g/mol. The number of hydrogen-bond donors (Lipinski definition) is 3. The second-order valence-corrected chi connectivity index (χ2v) is 13.0. The zero-order chi connectivity index (χ0) is 31.8. The predicted molar refractivity (Wildman–Crippen MR) is 154 cm³/mol. The summed E-state index contributed by atoms with van der Waals surface area (Å²) in [6, 6.07) is 1.59. The number of carbonyl (C=O) groups is 1. The molecule has 0 unspecified atom stereocenters. The van der Waals surface area contributed by atoms with E-state index in [0.29, 0.717) is 32.1 Å². The molecule has 1 aromatic heterocycles. The van der Waals surface area contributed by atoms with Gasteiger partial charge < -0.3 is 34.6 Å². The van der Waals surface area contributed by atoms with Crippen molar-refractivity contribution in [2.75, 3.05) is 13.7 Å². The Labute approximate surface area is 258 Å². The maximum atomic E-state index is 14.6. The van der Waals surface area contributed by atoms with Crippen LogP contribution < -0.4 is 5.32 Å². The van der Waals surface area contributed by atoms with E-state index in [4.69, 9.17) is 30.6 Å². The lowest BCUT2D eigenvalue weighted by atomic mass is 9.78. The van der Waals surface area contributed by atoms with E-state index < -0.39 is 66.0 Å².